The van der Waals surface area contributed by atoms with Crippen molar-refractivity contribution in [2.75, 3.05) is 0 Å². The average molecular weight is 408 g/mol. The Morgan fingerprint density at radius 3 is 2.65 bits per heavy atom. The van der Waals surface area contributed by atoms with Crippen LogP contribution in [0.5, 0.6) is 0 Å². The highest BCUT2D eigenvalue weighted by Crippen LogP contribution is 2.34. The third-order valence-electron chi connectivity index (χ3n) is 3.30. The molecule has 2 aromatic carbocycles. The Labute approximate surface area is 151 Å². The fourth-order valence-corrected chi connectivity index (χ4v) is 3.81. The molecule has 23 heavy (non-hydrogen) atoms. The number of amides is 1. The predicted octanol–water partition coefficient (Wildman–Crippen LogP) is 4.99. The third-order valence-corrected chi connectivity index (χ3v) is 5.28. The second-order valence-electron chi connectivity index (χ2n) is 4.93. The summed E-state index contributed by atoms with van der Waals surface area (Å²) in [6.45, 7) is 0.454. The molecule has 1 amide bonds. The van der Waals surface area contributed by atoms with Gasteiger partial charge in [0.15, 0.2) is 0 Å². The van der Waals surface area contributed by atoms with E-state index in [0.717, 1.165) is 11.1 Å². The summed E-state index contributed by atoms with van der Waals surface area (Å²) in [4.78, 5) is 14.7. The Morgan fingerprint density at radius 2 is 1.96 bits per heavy atom. The summed E-state index contributed by atoms with van der Waals surface area (Å²) in [5.41, 5.74) is 1.77. The lowest BCUT2D eigenvalue weighted by Crippen LogP contribution is -2.27. The van der Waals surface area contributed by atoms with Crippen molar-refractivity contribution in [1.29, 1.82) is 0 Å². The normalized spacial score (nSPS) is 16.4. The second-order valence-corrected chi connectivity index (χ2v) is 7.46. The van der Waals surface area contributed by atoms with Crippen LogP contribution >= 0.6 is 39.9 Å². The lowest BCUT2D eigenvalue weighted by Gasteiger charge is -2.14. The van der Waals surface area contributed by atoms with E-state index in [4.69, 9.17) is 12.2 Å². The van der Waals surface area contributed by atoms with Crippen LogP contribution in [-0.2, 0) is 11.3 Å². The van der Waals surface area contributed by atoms with E-state index in [1.807, 2.05) is 30.3 Å². The van der Waals surface area contributed by atoms with E-state index in [-0.39, 0.29) is 11.7 Å². The van der Waals surface area contributed by atoms with E-state index in [1.165, 1.54) is 17.8 Å². The molecule has 0 aliphatic carbocycles. The fraction of sp³-hybridized carbons (Fsp3) is 0.0588. The van der Waals surface area contributed by atoms with Gasteiger partial charge in [-0.1, -0.05) is 60.4 Å². The first kappa shape index (κ1) is 16.4. The topological polar surface area (TPSA) is 20.3 Å². The number of benzene rings is 2. The minimum Gasteiger partial charge on any atom is -0.288 e. The number of hydrogen-bond donors (Lipinski definition) is 0. The van der Waals surface area contributed by atoms with Gasteiger partial charge in [0.05, 0.1) is 15.9 Å². The van der Waals surface area contributed by atoms with E-state index in [2.05, 4.69) is 15.9 Å². The van der Waals surface area contributed by atoms with Crippen molar-refractivity contribution in [2.24, 2.45) is 0 Å². The van der Waals surface area contributed by atoms with E-state index < -0.39 is 0 Å². The maximum absolute atomic E-state index is 13.3. The van der Waals surface area contributed by atoms with Crippen molar-refractivity contribution in [1.82, 2.24) is 4.90 Å². The van der Waals surface area contributed by atoms with Gasteiger partial charge in [0, 0.05) is 0 Å². The van der Waals surface area contributed by atoms with Gasteiger partial charge in [-0.3, -0.25) is 9.69 Å². The zero-order valence-corrected chi connectivity index (χ0v) is 15.1. The van der Waals surface area contributed by atoms with Gasteiger partial charge in [-0.25, -0.2) is 4.39 Å². The van der Waals surface area contributed by atoms with Crippen LogP contribution in [0.3, 0.4) is 0 Å². The summed E-state index contributed by atoms with van der Waals surface area (Å²) < 4.78 is 14.2. The number of carbonyl (C=O) groups excluding carboxylic acids is 1. The van der Waals surface area contributed by atoms with Crippen molar-refractivity contribution in [3.63, 3.8) is 0 Å². The number of carbonyl (C=O) groups is 1. The molecule has 0 bridgehead atoms. The molecule has 1 aliphatic heterocycles. The van der Waals surface area contributed by atoms with Gasteiger partial charge in [-0.2, -0.15) is 0 Å². The highest BCUT2D eigenvalue weighted by Gasteiger charge is 2.31. The van der Waals surface area contributed by atoms with E-state index in [9.17, 15) is 9.18 Å². The minimum atomic E-state index is -0.334. The molecule has 0 unspecified atom stereocenters. The van der Waals surface area contributed by atoms with Crippen LogP contribution < -0.4 is 0 Å². The van der Waals surface area contributed by atoms with Gasteiger partial charge >= 0.3 is 0 Å². The summed E-state index contributed by atoms with van der Waals surface area (Å²) in [7, 11) is 0. The number of nitrogens with zero attached hydrogens (tertiary/aromatic N) is 1. The summed E-state index contributed by atoms with van der Waals surface area (Å²) in [6, 6.07) is 14.3. The average Bonchev–Trinajstić information content (AvgIpc) is 2.80. The zero-order valence-electron chi connectivity index (χ0n) is 11.8. The van der Waals surface area contributed by atoms with Crippen LogP contribution in [0.25, 0.3) is 6.08 Å². The van der Waals surface area contributed by atoms with Crippen molar-refractivity contribution < 1.29 is 9.18 Å². The Bertz CT molecular complexity index is 807. The predicted molar refractivity (Wildman–Crippen MR) is 99.3 cm³/mol. The van der Waals surface area contributed by atoms with Gasteiger partial charge in [-0.15, -0.1) is 0 Å². The molecule has 2 nitrogen and oxygen atoms in total. The molecule has 0 radical (unpaired) electrons. The largest absolute Gasteiger partial charge is 0.288 e. The molecule has 3 rings (SSSR count). The molecule has 1 saturated heterocycles. The van der Waals surface area contributed by atoms with Crippen LogP contribution in [-0.4, -0.2) is 15.1 Å². The third kappa shape index (κ3) is 3.71. The van der Waals surface area contributed by atoms with Gasteiger partial charge < -0.3 is 0 Å². The standard InChI is InChI=1S/C17H11BrFNOS2/c18-13-8-12(6-7-14(13)19)9-15-16(21)20(17(22)23-15)10-11-4-2-1-3-5-11/h1-9H,10H2/b15-9-. The Hall–Kier alpha value is -1.50. The smallest absolute Gasteiger partial charge is 0.266 e. The van der Waals surface area contributed by atoms with Gasteiger partial charge in [0.25, 0.3) is 5.91 Å². The number of hydrogen-bond acceptors (Lipinski definition) is 3. The van der Waals surface area contributed by atoms with Crippen molar-refractivity contribution in [3.8, 4) is 0 Å². The van der Waals surface area contributed by atoms with Crippen LogP contribution in [0.4, 0.5) is 4.39 Å². The first-order valence-electron chi connectivity index (χ1n) is 6.79. The molecule has 116 valence electrons. The lowest BCUT2D eigenvalue weighted by atomic mass is 10.2. The maximum Gasteiger partial charge on any atom is 0.266 e. The van der Waals surface area contributed by atoms with E-state index in [1.54, 1.807) is 23.1 Å². The molecule has 0 spiro atoms. The molecule has 6 heteroatoms. The molecule has 0 atom stereocenters. The zero-order chi connectivity index (χ0) is 16.4. The van der Waals surface area contributed by atoms with Crippen LogP contribution in [0.15, 0.2) is 57.9 Å². The van der Waals surface area contributed by atoms with Gasteiger partial charge in [0.2, 0.25) is 0 Å². The summed E-state index contributed by atoms with van der Waals surface area (Å²) >= 11 is 9.73. The second kappa shape index (κ2) is 6.95. The number of thiocarbonyl (C=S) groups is 1. The Morgan fingerprint density at radius 1 is 1.22 bits per heavy atom. The minimum absolute atomic E-state index is 0.121. The van der Waals surface area contributed by atoms with Crippen LogP contribution in [0.2, 0.25) is 0 Å². The molecule has 1 heterocycles. The molecular formula is C17H11BrFNOS2. The molecular weight excluding hydrogens is 397 g/mol. The maximum atomic E-state index is 13.3. The first-order chi connectivity index (χ1) is 11.0. The van der Waals surface area contributed by atoms with E-state index in [0.29, 0.717) is 20.2 Å². The summed E-state index contributed by atoms with van der Waals surface area (Å²) in [6.07, 6.45) is 1.73. The number of halogens is 2. The molecule has 0 aromatic heterocycles. The van der Waals surface area contributed by atoms with Crippen molar-refractivity contribution in [2.45, 2.75) is 6.54 Å². The lowest BCUT2D eigenvalue weighted by molar-refractivity contribution is -0.122. The SMILES string of the molecule is O=C1/C(=C/c2ccc(F)c(Br)c2)SC(=S)N1Cc1ccccc1. The summed E-state index contributed by atoms with van der Waals surface area (Å²) in [5, 5.41) is 0. The number of rotatable bonds is 3. The Kier molecular flexibility index (Phi) is 4.94. The van der Waals surface area contributed by atoms with Crippen molar-refractivity contribution >= 4 is 56.2 Å². The van der Waals surface area contributed by atoms with Crippen LogP contribution in [0, 0.1) is 5.82 Å². The van der Waals surface area contributed by atoms with E-state index >= 15 is 0 Å². The van der Waals surface area contributed by atoms with Crippen LogP contribution in [0.1, 0.15) is 11.1 Å². The van der Waals surface area contributed by atoms with Crippen molar-refractivity contribution in [3.05, 3.63) is 74.9 Å². The first-order valence-corrected chi connectivity index (χ1v) is 8.81. The highest BCUT2D eigenvalue weighted by molar-refractivity contribution is 9.10. The molecule has 2 aromatic rings. The molecule has 0 saturated carbocycles. The Balaban J connectivity index is 1.83. The quantitative estimate of drug-likeness (QED) is 0.527. The summed E-state index contributed by atoms with van der Waals surface area (Å²) in [5.74, 6) is -0.455. The molecule has 1 fully saturated rings. The number of thioether (sulfide) groups is 1. The van der Waals surface area contributed by atoms with Gasteiger partial charge in [0.1, 0.15) is 10.1 Å². The monoisotopic (exact) mass is 407 g/mol. The fourth-order valence-electron chi connectivity index (χ4n) is 2.16. The molecule has 0 N–H and O–H groups in total. The van der Waals surface area contributed by atoms with Gasteiger partial charge in [-0.05, 0) is 45.3 Å². The highest BCUT2D eigenvalue weighted by atomic mass is 79.9. The molecule has 1 aliphatic rings.